The van der Waals surface area contributed by atoms with E-state index in [9.17, 15) is 4.79 Å². The number of pyridine rings is 1. The third-order valence-corrected chi connectivity index (χ3v) is 3.32. The SMILES string of the molecule is C[C@@H]1CNC(=O)c2cc3ccc(Br)nc3n21. The van der Waals surface area contributed by atoms with Crippen LogP contribution >= 0.6 is 15.9 Å². The van der Waals surface area contributed by atoms with Crippen molar-refractivity contribution in [1.29, 1.82) is 0 Å². The molecule has 1 atom stereocenters. The average molecular weight is 280 g/mol. The molecule has 1 N–H and O–H groups in total. The van der Waals surface area contributed by atoms with Gasteiger partial charge < -0.3 is 9.88 Å². The summed E-state index contributed by atoms with van der Waals surface area (Å²) in [5.74, 6) is -0.0211. The average Bonchev–Trinajstić information content (AvgIpc) is 2.63. The molecular formula is C11H10BrN3O. The third kappa shape index (κ3) is 1.28. The van der Waals surface area contributed by atoms with Crippen molar-refractivity contribution in [3.8, 4) is 0 Å². The first-order valence-electron chi connectivity index (χ1n) is 5.12. The second kappa shape index (κ2) is 3.31. The van der Waals surface area contributed by atoms with E-state index in [1.54, 1.807) is 0 Å². The molecule has 0 aliphatic carbocycles. The van der Waals surface area contributed by atoms with Crippen LogP contribution in [0.1, 0.15) is 23.5 Å². The first-order valence-corrected chi connectivity index (χ1v) is 5.92. The van der Waals surface area contributed by atoms with Crippen molar-refractivity contribution in [3.63, 3.8) is 0 Å². The Kier molecular flexibility index (Phi) is 2.04. The first-order chi connectivity index (χ1) is 7.66. The van der Waals surface area contributed by atoms with Gasteiger partial charge in [-0.25, -0.2) is 4.98 Å². The second-order valence-electron chi connectivity index (χ2n) is 4.01. The summed E-state index contributed by atoms with van der Waals surface area (Å²) < 4.78 is 2.79. The van der Waals surface area contributed by atoms with Gasteiger partial charge in [0, 0.05) is 11.9 Å². The van der Waals surface area contributed by atoms with E-state index in [4.69, 9.17) is 0 Å². The highest BCUT2D eigenvalue weighted by Crippen LogP contribution is 2.26. The molecule has 0 unspecified atom stereocenters. The van der Waals surface area contributed by atoms with E-state index in [-0.39, 0.29) is 11.9 Å². The molecule has 4 nitrogen and oxygen atoms in total. The fourth-order valence-electron chi connectivity index (χ4n) is 2.12. The van der Waals surface area contributed by atoms with Crippen LogP contribution in [0.15, 0.2) is 22.8 Å². The molecule has 2 aromatic heterocycles. The van der Waals surface area contributed by atoms with Gasteiger partial charge in [-0.1, -0.05) is 0 Å². The number of aromatic nitrogens is 2. The lowest BCUT2D eigenvalue weighted by Crippen LogP contribution is -2.37. The van der Waals surface area contributed by atoms with Gasteiger partial charge in [0.25, 0.3) is 5.91 Å². The number of hydrogen-bond acceptors (Lipinski definition) is 2. The minimum absolute atomic E-state index is 0.0211. The van der Waals surface area contributed by atoms with Crippen LogP contribution < -0.4 is 5.32 Å². The van der Waals surface area contributed by atoms with E-state index in [1.807, 2.05) is 22.8 Å². The van der Waals surface area contributed by atoms with Crippen LogP contribution in [0.4, 0.5) is 0 Å². The summed E-state index contributed by atoms with van der Waals surface area (Å²) in [6.45, 7) is 2.73. The van der Waals surface area contributed by atoms with Gasteiger partial charge in [-0.15, -0.1) is 0 Å². The molecular weight excluding hydrogens is 270 g/mol. The highest BCUT2D eigenvalue weighted by molar-refractivity contribution is 9.10. The molecule has 1 aliphatic rings. The van der Waals surface area contributed by atoms with Gasteiger partial charge in [0.15, 0.2) is 0 Å². The molecule has 82 valence electrons. The third-order valence-electron chi connectivity index (χ3n) is 2.88. The molecule has 3 heterocycles. The molecule has 5 heteroatoms. The Morgan fingerprint density at radius 3 is 3.19 bits per heavy atom. The molecule has 1 aliphatic heterocycles. The number of halogens is 1. The van der Waals surface area contributed by atoms with Crippen LogP contribution in [0.25, 0.3) is 11.0 Å². The topological polar surface area (TPSA) is 46.9 Å². The number of carbonyl (C=O) groups is 1. The minimum Gasteiger partial charge on any atom is -0.349 e. The van der Waals surface area contributed by atoms with Crippen molar-refractivity contribution in [1.82, 2.24) is 14.9 Å². The number of carbonyl (C=O) groups excluding carboxylic acids is 1. The Balaban J connectivity index is 2.38. The van der Waals surface area contributed by atoms with Crippen molar-refractivity contribution in [2.75, 3.05) is 6.54 Å². The Bertz CT molecular complexity index is 590. The summed E-state index contributed by atoms with van der Waals surface area (Å²) in [5, 5.41) is 3.87. The van der Waals surface area contributed by atoms with E-state index in [2.05, 4.69) is 33.2 Å². The standard InChI is InChI=1S/C11H10BrN3O/c1-6-5-13-11(16)8-4-7-2-3-9(12)14-10(7)15(6)8/h2-4,6H,5H2,1H3,(H,13,16)/t6-/m1/s1. The van der Waals surface area contributed by atoms with Crippen LogP contribution in [0, 0.1) is 0 Å². The molecule has 2 aromatic rings. The van der Waals surface area contributed by atoms with Crippen LogP contribution in [0.3, 0.4) is 0 Å². The minimum atomic E-state index is -0.0211. The summed E-state index contributed by atoms with van der Waals surface area (Å²) in [6.07, 6.45) is 0. The fraction of sp³-hybridized carbons (Fsp3) is 0.273. The zero-order valence-electron chi connectivity index (χ0n) is 8.70. The quantitative estimate of drug-likeness (QED) is 0.751. The fourth-order valence-corrected chi connectivity index (χ4v) is 2.42. The summed E-state index contributed by atoms with van der Waals surface area (Å²) in [4.78, 5) is 16.1. The lowest BCUT2D eigenvalue weighted by atomic mass is 10.2. The lowest BCUT2D eigenvalue weighted by Gasteiger charge is -2.23. The zero-order chi connectivity index (χ0) is 11.3. The Labute approximate surface area is 101 Å². The maximum Gasteiger partial charge on any atom is 0.268 e. The lowest BCUT2D eigenvalue weighted by molar-refractivity contribution is 0.0919. The predicted molar refractivity (Wildman–Crippen MR) is 64.5 cm³/mol. The molecule has 1 amide bonds. The number of nitrogens with zero attached hydrogens (tertiary/aromatic N) is 2. The number of rotatable bonds is 0. The van der Waals surface area contributed by atoms with Gasteiger partial charge in [0.1, 0.15) is 15.9 Å². The van der Waals surface area contributed by atoms with Gasteiger partial charge in [-0.2, -0.15) is 0 Å². The molecule has 0 saturated heterocycles. The maximum atomic E-state index is 11.7. The maximum absolute atomic E-state index is 11.7. The van der Waals surface area contributed by atoms with E-state index in [1.165, 1.54) is 0 Å². The molecule has 0 saturated carbocycles. The number of amides is 1. The monoisotopic (exact) mass is 279 g/mol. The number of nitrogens with one attached hydrogen (secondary N) is 1. The summed E-state index contributed by atoms with van der Waals surface area (Å²) in [7, 11) is 0. The van der Waals surface area contributed by atoms with Gasteiger partial charge >= 0.3 is 0 Å². The summed E-state index contributed by atoms with van der Waals surface area (Å²) in [6, 6.07) is 5.99. The smallest absolute Gasteiger partial charge is 0.268 e. The van der Waals surface area contributed by atoms with Gasteiger partial charge in [-0.05, 0) is 41.1 Å². The molecule has 0 radical (unpaired) electrons. The van der Waals surface area contributed by atoms with Crippen LogP contribution in [0.2, 0.25) is 0 Å². The normalized spacial score (nSPS) is 19.6. The molecule has 0 spiro atoms. The summed E-state index contributed by atoms with van der Waals surface area (Å²) in [5.41, 5.74) is 1.56. The highest BCUT2D eigenvalue weighted by Gasteiger charge is 2.24. The van der Waals surface area contributed by atoms with Gasteiger partial charge in [0.05, 0.1) is 6.04 Å². The highest BCUT2D eigenvalue weighted by atomic mass is 79.9. The summed E-state index contributed by atoms with van der Waals surface area (Å²) >= 11 is 3.36. The van der Waals surface area contributed by atoms with E-state index in [0.29, 0.717) is 12.2 Å². The predicted octanol–water partition coefficient (Wildman–Crippen LogP) is 2.10. The number of fused-ring (bicyclic) bond motifs is 3. The zero-order valence-corrected chi connectivity index (χ0v) is 10.3. The Morgan fingerprint density at radius 1 is 1.56 bits per heavy atom. The molecule has 3 rings (SSSR count). The van der Waals surface area contributed by atoms with Gasteiger partial charge in [-0.3, -0.25) is 4.79 Å². The van der Waals surface area contributed by atoms with E-state index < -0.39 is 0 Å². The van der Waals surface area contributed by atoms with Crippen molar-refractivity contribution in [3.05, 3.63) is 28.5 Å². The van der Waals surface area contributed by atoms with Gasteiger partial charge in [0.2, 0.25) is 0 Å². The second-order valence-corrected chi connectivity index (χ2v) is 4.82. The molecule has 0 aromatic carbocycles. The van der Waals surface area contributed by atoms with Crippen LogP contribution in [-0.2, 0) is 0 Å². The molecule has 0 fully saturated rings. The molecule has 16 heavy (non-hydrogen) atoms. The van der Waals surface area contributed by atoms with Crippen LogP contribution in [0.5, 0.6) is 0 Å². The Morgan fingerprint density at radius 2 is 2.38 bits per heavy atom. The first kappa shape index (κ1) is 9.84. The largest absolute Gasteiger partial charge is 0.349 e. The molecule has 0 bridgehead atoms. The van der Waals surface area contributed by atoms with Crippen molar-refractivity contribution >= 4 is 32.9 Å². The van der Waals surface area contributed by atoms with Crippen molar-refractivity contribution < 1.29 is 4.79 Å². The Hall–Kier alpha value is -1.36. The number of hydrogen-bond donors (Lipinski definition) is 1. The van der Waals surface area contributed by atoms with Crippen LogP contribution in [-0.4, -0.2) is 22.0 Å². The van der Waals surface area contributed by atoms with E-state index in [0.717, 1.165) is 15.6 Å². The van der Waals surface area contributed by atoms with E-state index >= 15 is 0 Å². The van der Waals surface area contributed by atoms with Crippen molar-refractivity contribution in [2.45, 2.75) is 13.0 Å². The van der Waals surface area contributed by atoms with Crippen molar-refractivity contribution in [2.24, 2.45) is 0 Å².